The van der Waals surface area contributed by atoms with E-state index in [4.69, 9.17) is 10.8 Å². The van der Waals surface area contributed by atoms with Crippen molar-refractivity contribution in [2.75, 3.05) is 0 Å². The molecule has 5 heteroatoms. The summed E-state index contributed by atoms with van der Waals surface area (Å²) in [6.07, 6.45) is -1.14. The van der Waals surface area contributed by atoms with Crippen LogP contribution in [-0.2, 0) is 4.79 Å². The maximum absolute atomic E-state index is 10.8. The van der Waals surface area contributed by atoms with Crippen LogP contribution in [0.4, 0.5) is 4.79 Å². The zero-order chi connectivity index (χ0) is 10.8. The molecule has 3 N–H and O–H groups in total. The minimum atomic E-state index is -1.14. The van der Waals surface area contributed by atoms with E-state index in [1.54, 1.807) is 20.8 Å². The van der Waals surface area contributed by atoms with Gasteiger partial charge in [0, 0.05) is 5.54 Å². The Morgan fingerprint density at radius 1 is 1.38 bits per heavy atom. The molecule has 0 aliphatic heterocycles. The summed E-state index contributed by atoms with van der Waals surface area (Å²) >= 11 is 0. The van der Waals surface area contributed by atoms with Crippen LogP contribution in [0.25, 0.3) is 0 Å². The first-order chi connectivity index (χ1) is 5.68. The fourth-order valence-corrected chi connectivity index (χ4v) is 1.16. The monoisotopic (exact) mass is 188 g/mol. The topological polar surface area (TPSA) is 83.6 Å². The summed E-state index contributed by atoms with van der Waals surface area (Å²) in [4.78, 5) is 22.7. The van der Waals surface area contributed by atoms with Crippen LogP contribution in [0.15, 0.2) is 0 Å². The van der Waals surface area contributed by atoms with Crippen molar-refractivity contribution in [3.63, 3.8) is 0 Å². The molecule has 0 bridgehead atoms. The predicted molar refractivity (Wildman–Crippen MR) is 48.3 cm³/mol. The molecule has 0 heterocycles. The zero-order valence-electron chi connectivity index (χ0n) is 8.37. The number of carboxylic acid groups (broad SMARTS) is 1. The summed E-state index contributed by atoms with van der Waals surface area (Å²) in [5.41, 5.74) is 4.40. The summed E-state index contributed by atoms with van der Waals surface area (Å²) in [6.45, 7) is 6.60. The summed E-state index contributed by atoms with van der Waals surface area (Å²) in [5, 5.41) is 8.85. The predicted octanol–water partition coefficient (Wildman–Crippen LogP) is 0.639. The number of nitrogens with zero attached hydrogens (tertiary/aromatic N) is 1. The van der Waals surface area contributed by atoms with Gasteiger partial charge in [0.2, 0.25) is 5.91 Å². The van der Waals surface area contributed by atoms with Gasteiger partial charge in [-0.1, -0.05) is 0 Å². The van der Waals surface area contributed by atoms with Gasteiger partial charge in [0.15, 0.2) is 0 Å². The van der Waals surface area contributed by atoms with Crippen LogP contribution >= 0.6 is 0 Å². The quantitative estimate of drug-likeness (QED) is 0.667. The van der Waals surface area contributed by atoms with Gasteiger partial charge in [-0.05, 0) is 27.7 Å². The molecule has 0 aromatic carbocycles. The Morgan fingerprint density at radius 2 is 1.77 bits per heavy atom. The van der Waals surface area contributed by atoms with Gasteiger partial charge < -0.3 is 10.8 Å². The molecule has 2 amide bonds. The first-order valence-electron chi connectivity index (χ1n) is 3.99. The number of nitrogens with two attached hydrogens (primary N) is 1. The third-order valence-corrected chi connectivity index (χ3v) is 1.73. The minimum absolute atomic E-state index is 0.625. The summed E-state index contributed by atoms with van der Waals surface area (Å²) in [6, 6.07) is -0.808. The van der Waals surface area contributed by atoms with Crippen molar-refractivity contribution in [3.8, 4) is 0 Å². The second-order valence-corrected chi connectivity index (χ2v) is 3.90. The van der Waals surface area contributed by atoms with Gasteiger partial charge in [0.05, 0.1) is 0 Å². The van der Waals surface area contributed by atoms with Crippen molar-refractivity contribution in [1.82, 2.24) is 4.90 Å². The molecule has 0 aliphatic rings. The number of rotatable bonds is 2. The van der Waals surface area contributed by atoms with E-state index in [1.807, 2.05) is 0 Å². The average Bonchev–Trinajstić information content (AvgIpc) is 1.82. The molecule has 5 nitrogen and oxygen atoms in total. The maximum atomic E-state index is 10.8. The van der Waals surface area contributed by atoms with Crippen molar-refractivity contribution in [2.45, 2.75) is 39.3 Å². The fraction of sp³-hybridized carbons (Fsp3) is 0.750. The van der Waals surface area contributed by atoms with Gasteiger partial charge in [-0.2, -0.15) is 0 Å². The van der Waals surface area contributed by atoms with E-state index in [9.17, 15) is 9.59 Å². The van der Waals surface area contributed by atoms with E-state index in [0.717, 1.165) is 4.90 Å². The van der Waals surface area contributed by atoms with Crippen molar-refractivity contribution in [1.29, 1.82) is 0 Å². The number of hydrogen-bond acceptors (Lipinski definition) is 2. The first kappa shape index (κ1) is 11.7. The molecule has 0 aromatic heterocycles. The lowest BCUT2D eigenvalue weighted by Crippen LogP contribution is -2.54. The van der Waals surface area contributed by atoms with E-state index in [1.165, 1.54) is 6.92 Å². The van der Waals surface area contributed by atoms with Gasteiger partial charge in [0.25, 0.3) is 0 Å². The smallest absolute Gasteiger partial charge is 0.408 e. The average molecular weight is 188 g/mol. The van der Waals surface area contributed by atoms with Crippen LogP contribution in [0.3, 0.4) is 0 Å². The molecule has 0 saturated heterocycles. The molecule has 0 saturated carbocycles. The molecule has 76 valence electrons. The summed E-state index contributed by atoms with van der Waals surface area (Å²) in [5.74, 6) is -0.641. The van der Waals surface area contributed by atoms with Crippen molar-refractivity contribution >= 4 is 12.0 Å². The highest BCUT2D eigenvalue weighted by Gasteiger charge is 2.33. The van der Waals surface area contributed by atoms with Crippen molar-refractivity contribution in [3.05, 3.63) is 0 Å². The molecule has 0 aromatic rings. The van der Waals surface area contributed by atoms with Crippen molar-refractivity contribution < 1.29 is 14.7 Å². The lowest BCUT2D eigenvalue weighted by Gasteiger charge is -2.36. The van der Waals surface area contributed by atoms with Gasteiger partial charge >= 0.3 is 6.09 Å². The molecule has 1 atom stereocenters. The third kappa shape index (κ3) is 2.93. The molecular weight excluding hydrogens is 172 g/mol. The Labute approximate surface area is 77.5 Å². The molecule has 0 aliphatic carbocycles. The molecular formula is C8H16N2O3. The normalized spacial score (nSPS) is 13.5. The number of carbonyl (C=O) groups excluding carboxylic acids is 1. The van der Waals surface area contributed by atoms with E-state index in [0.29, 0.717) is 0 Å². The Bertz CT molecular complexity index is 220. The van der Waals surface area contributed by atoms with E-state index < -0.39 is 23.6 Å². The zero-order valence-corrected chi connectivity index (χ0v) is 8.37. The highest BCUT2D eigenvalue weighted by Crippen LogP contribution is 2.16. The first-order valence-corrected chi connectivity index (χ1v) is 3.99. The van der Waals surface area contributed by atoms with Gasteiger partial charge in [0.1, 0.15) is 6.04 Å². The van der Waals surface area contributed by atoms with E-state index >= 15 is 0 Å². The van der Waals surface area contributed by atoms with Crippen LogP contribution in [0.5, 0.6) is 0 Å². The second-order valence-electron chi connectivity index (χ2n) is 3.90. The summed E-state index contributed by atoms with van der Waals surface area (Å²) in [7, 11) is 0. The van der Waals surface area contributed by atoms with Crippen LogP contribution in [0, 0.1) is 0 Å². The third-order valence-electron chi connectivity index (χ3n) is 1.73. The standard InChI is InChI=1S/C8H16N2O3/c1-5(6(9)11)10(7(12)13)8(2,3)4/h5H,1-4H3,(H2,9,11)(H,12,13)/t5-/m0/s1. The Morgan fingerprint density at radius 3 is 1.85 bits per heavy atom. The minimum Gasteiger partial charge on any atom is -0.465 e. The Balaban J connectivity index is 4.83. The number of amides is 2. The maximum Gasteiger partial charge on any atom is 0.408 e. The largest absolute Gasteiger partial charge is 0.465 e. The Hall–Kier alpha value is -1.26. The lowest BCUT2D eigenvalue weighted by atomic mass is 10.0. The van der Waals surface area contributed by atoms with Crippen LogP contribution in [0.2, 0.25) is 0 Å². The van der Waals surface area contributed by atoms with Gasteiger partial charge in [-0.15, -0.1) is 0 Å². The van der Waals surface area contributed by atoms with Crippen LogP contribution in [0.1, 0.15) is 27.7 Å². The van der Waals surface area contributed by atoms with E-state index in [2.05, 4.69) is 0 Å². The molecule has 0 spiro atoms. The van der Waals surface area contributed by atoms with E-state index in [-0.39, 0.29) is 0 Å². The number of primary amides is 1. The van der Waals surface area contributed by atoms with Gasteiger partial charge in [-0.3, -0.25) is 9.69 Å². The lowest BCUT2D eigenvalue weighted by molar-refractivity contribution is -0.123. The second kappa shape index (κ2) is 3.64. The molecule has 0 radical (unpaired) electrons. The van der Waals surface area contributed by atoms with Crippen LogP contribution in [-0.4, -0.2) is 33.6 Å². The molecule has 0 unspecified atom stereocenters. The number of carbonyl (C=O) groups is 2. The highest BCUT2D eigenvalue weighted by atomic mass is 16.4. The Kier molecular flexibility index (Phi) is 3.28. The van der Waals surface area contributed by atoms with Crippen molar-refractivity contribution in [2.24, 2.45) is 5.73 Å². The molecule has 13 heavy (non-hydrogen) atoms. The molecule has 0 rings (SSSR count). The SMILES string of the molecule is C[C@@H](C(N)=O)N(C(=O)O)C(C)(C)C. The number of hydrogen-bond donors (Lipinski definition) is 2. The fourth-order valence-electron chi connectivity index (χ4n) is 1.16. The molecule has 0 fully saturated rings. The van der Waals surface area contributed by atoms with Gasteiger partial charge in [-0.25, -0.2) is 4.79 Å². The highest BCUT2D eigenvalue weighted by molar-refractivity contribution is 5.83. The summed E-state index contributed by atoms with van der Waals surface area (Å²) < 4.78 is 0. The van der Waals surface area contributed by atoms with Crippen LogP contribution < -0.4 is 5.73 Å².